The summed E-state index contributed by atoms with van der Waals surface area (Å²) in [5.41, 5.74) is 4.92. The minimum atomic E-state index is -0.454. The molecule has 0 spiro atoms. The van der Waals surface area contributed by atoms with Crippen LogP contribution >= 0.6 is 0 Å². The molecule has 1 aliphatic heterocycles. The first-order chi connectivity index (χ1) is 6.09. The lowest BCUT2D eigenvalue weighted by Gasteiger charge is -2.25. The van der Waals surface area contributed by atoms with Crippen LogP contribution in [0.4, 0.5) is 4.79 Å². The Morgan fingerprint density at radius 2 is 2.23 bits per heavy atom. The second-order valence-corrected chi connectivity index (χ2v) is 2.81. The Bertz CT molecular complexity index is 251. The van der Waals surface area contributed by atoms with E-state index in [1.807, 2.05) is 0 Å². The number of hydrogen-bond acceptors (Lipinski definition) is 3. The number of rotatable bonds is 3. The molecule has 1 aliphatic rings. The van der Waals surface area contributed by atoms with Gasteiger partial charge in [-0.15, -0.1) is 0 Å². The SMILES string of the molecule is NC(=O)CCN1CCC(=O)NC1=O. The monoisotopic (exact) mass is 185 g/mol. The molecule has 1 heterocycles. The Hall–Kier alpha value is -1.59. The summed E-state index contributed by atoms with van der Waals surface area (Å²) in [4.78, 5) is 33.6. The van der Waals surface area contributed by atoms with Crippen molar-refractivity contribution in [2.45, 2.75) is 12.8 Å². The molecule has 6 heteroatoms. The normalized spacial score (nSPS) is 17.1. The zero-order valence-corrected chi connectivity index (χ0v) is 7.08. The summed E-state index contributed by atoms with van der Waals surface area (Å²) in [7, 11) is 0. The number of primary amides is 1. The van der Waals surface area contributed by atoms with Crippen molar-refractivity contribution in [1.82, 2.24) is 10.2 Å². The fourth-order valence-electron chi connectivity index (χ4n) is 1.06. The minimum Gasteiger partial charge on any atom is -0.370 e. The third-order valence-corrected chi connectivity index (χ3v) is 1.77. The highest BCUT2D eigenvalue weighted by Gasteiger charge is 2.22. The van der Waals surface area contributed by atoms with E-state index in [2.05, 4.69) is 5.32 Å². The summed E-state index contributed by atoms with van der Waals surface area (Å²) < 4.78 is 0. The van der Waals surface area contributed by atoms with Crippen molar-refractivity contribution in [3.8, 4) is 0 Å². The van der Waals surface area contributed by atoms with Crippen LogP contribution in [0.5, 0.6) is 0 Å². The second kappa shape index (κ2) is 3.88. The van der Waals surface area contributed by atoms with Crippen LogP contribution in [0.3, 0.4) is 0 Å². The Kier molecular flexibility index (Phi) is 2.84. The number of carbonyl (C=O) groups excluding carboxylic acids is 3. The van der Waals surface area contributed by atoms with E-state index in [-0.39, 0.29) is 25.3 Å². The van der Waals surface area contributed by atoms with Gasteiger partial charge in [0, 0.05) is 25.9 Å². The van der Waals surface area contributed by atoms with Crippen molar-refractivity contribution in [1.29, 1.82) is 0 Å². The number of amides is 4. The van der Waals surface area contributed by atoms with E-state index in [0.717, 1.165) is 0 Å². The van der Waals surface area contributed by atoms with Gasteiger partial charge in [-0.05, 0) is 0 Å². The van der Waals surface area contributed by atoms with Crippen molar-refractivity contribution < 1.29 is 14.4 Å². The van der Waals surface area contributed by atoms with Gasteiger partial charge in [-0.1, -0.05) is 0 Å². The number of nitrogens with zero attached hydrogens (tertiary/aromatic N) is 1. The summed E-state index contributed by atoms with van der Waals surface area (Å²) in [5, 5.41) is 2.15. The number of hydrogen-bond donors (Lipinski definition) is 2. The highest BCUT2D eigenvalue weighted by Crippen LogP contribution is 2.00. The number of urea groups is 1. The van der Waals surface area contributed by atoms with Gasteiger partial charge in [0.2, 0.25) is 11.8 Å². The molecule has 3 N–H and O–H groups in total. The van der Waals surface area contributed by atoms with Crippen LogP contribution in [-0.2, 0) is 9.59 Å². The first-order valence-corrected chi connectivity index (χ1v) is 3.96. The Labute approximate surface area is 75.1 Å². The molecular formula is C7H11N3O3. The average Bonchev–Trinajstić information content (AvgIpc) is 2.02. The summed E-state index contributed by atoms with van der Waals surface area (Å²) >= 11 is 0. The summed E-state index contributed by atoms with van der Waals surface area (Å²) in [5.74, 6) is -0.731. The van der Waals surface area contributed by atoms with Crippen LogP contribution in [0.15, 0.2) is 0 Å². The largest absolute Gasteiger partial charge is 0.370 e. The maximum Gasteiger partial charge on any atom is 0.324 e. The van der Waals surface area contributed by atoms with Gasteiger partial charge in [0.1, 0.15) is 0 Å². The van der Waals surface area contributed by atoms with Gasteiger partial charge in [-0.25, -0.2) is 4.79 Å². The summed E-state index contributed by atoms with van der Waals surface area (Å²) in [6.07, 6.45) is 0.409. The third-order valence-electron chi connectivity index (χ3n) is 1.77. The average molecular weight is 185 g/mol. The van der Waals surface area contributed by atoms with E-state index in [1.54, 1.807) is 0 Å². The lowest BCUT2D eigenvalue weighted by Crippen LogP contribution is -2.50. The fourth-order valence-corrected chi connectivity index (χ4v) is 1.06. The van der Waals surface area contributed by atoms with Crippen LogP contribution in [0, 0.1) is 0 Å². The molecule has 0 aliphatic carbocycles. The predicted molar refractivity (Wildman–Crippen MR) is 43.5 cm³/mol. The Balaban J connectivity index is 2.38. The van der Waals surface area contributed by atoms with Crippen molar-refractivity contribution in [2.24, 2.45) is 5.73 Å². The number of imide groups is 1. The molecule has 0 aromatic heterocycles. The lowest BCUT2D eigenvalue weighted by atomic mass is 10.3. The first kappa shape index (κ1) is 9.50. The van der Waals surface area contributed by atoms with Crippen molar-refractivity contribution in [3.63, 3.8) is 0 Å². The maximum atomic E-state index is 11.1. The van der Waals surface area contributed by atoms with E-state index >= 15 is 0 Å². The topological polar surface area (TPSA) is 92.5 Å². The van der Waals surface area contributed by atoms with Gasteiger partial charge in [-0.2, -0.15) is 0 Å². The second-order valence-electron chi connectivity index (χ2n) is 2.81. The molecule has 1 saturated heterocycles. The van der Waals surface area contributed by atoms with Crippen LogP contribution in [0.25, 0.3) is 0 Å². The van der Waals surface area contributed by atoms with Crippen molar-refractivity contribution >= 4 is 17.8 Å². The zero-order chi connectivity index (χ0) is 9.84. The summed E-state index contributed by atoms with van der Waals surface area (Å²) in [6, 6.07) is -0.447. The lowest BCUT2D eigenvalue weighted by molar-refractivity contribution is -0.121. The molecule has 0 aromatic carbocycles. The molecule has 0 aromatic rings. The molecule has 4 amide bonds. The van der Waals surface area contributed by atoms with Crippen LogP contribution in [-0.4, -0.2) is 35.8 Å². The molecule has 72 valence electrons. The van der Waals surface area contributed by atoms with E-state index in [4.69, 9.17) is 5.73 Å². The maximum absolute atomic E-state index is 11.1. The molecular weight excluding hydrogens is 174 g/mol. The Morgan fingerprint density at radius 1 is 1.54 bits per heavy atom. The van der Waals surface area contributed by atoms with E-state index in [0.29, 0.717) is 6.54 Å². The molecule has 6 nitrogen and oxygen atoms in total. The Morgan fingerprint density at radius 3 is 2.77 bits per heavy atom. The standard InChI is InChI=1S/C7H11N3O3/c8-5(11)1-3-10-4-2-6(12)9-7(10)13/h1-4H2,(H2,8,11)(H,9,12,13). The first-order valence-electron chi connectivity index (χ1n) is 3.96. The van der Waals surface area contributed by atoms with Crippen LogP contribution < -0.4 is 11.1 Å². The molecule has 0 radical (unpaired) electrons. The molecule has 1 fully saturated rings. The van der Waals surface area contributed by atoms with Crippen LogP contribution in [0.1, 0.15) is 12.8 Å². The molecule has 0 saturated carbocycles. The van der Waals surface area contributed by atoms with Crippen LogP contribution in [0.2, 0.25) is 0 Å². The fraction of sp³-hybridized carbons (Fsp3) is 0.571. The minimum absolute atomic E-state index is 0.127. The smallest absolute Gasteiger partial charge is 0.324 e. The van der Waals surface area contributed by atoms with Gasteiger partial charge in [0.15, 0.2) is 0 Å². The van der Waals surface area contributed by atoms with Gasteiger partial charge in [0.05, 0.1) is 0 Å². The number of nitrogens with two attached hydrogens (primary N) is 1. The predicted octanol–water partition coefficient (Wildman–Crippen LogP) is -1.20. The van der Waals surface area contributed by atoms with E-state index in [9.17, 15) is 14.4 Å². The highest BCUT2D eigenvalue weighted by molar-refractivity contribution is 5.96. The van der Waals surface area contributed by atoms with Gasteiger partial charge < -0.3 is 10.6 Å². The van der Waals surface area contributed by atoms with E-state index < -0.39 is 11.9 Å². The molecule has 1 rings (SSSR count). The number of nitrogens with one attached hydrogen (secondary N) is 1. The number of carbonyl (C=O) groups is 3. The molecule has 0 atom stereocenters. The van der Waals surface area contributed by atoms with Gasteiger partial charge in [-0.3, -0.25) is 14.9 Å². The zero-order valence-electron chi connectivity index (χ0n) is 7.08. The van der Waals surface area contributed by atoms with Crippen molar-refractivity contribution in [3.05, 3.63) is 0 Å². The van der Waals surface area contributed by atoms with E-state index in [1.165, 1.54) is 4.90 Å². The molecule has 0 bridgehead atoms. The molecule has 13 heavy (non-hydrogen) atoms. The van der Waals surface area contributed by atoms with Gasteiger partial charge >= 0.3 is 6.03 Å². The third kappa shape index (κ3) is 2.73. The van der Waals surface area contributed by atoms with Crippen molar-refractivity contribution in [2.75, 3.05) is 13.1 Å². The quantitative estimate of drug-likeness (QED) is 0.578. The van der Waals surface area contributed by atoms with Gasteiger partial charge in [0.25, 0.3) is 0 Å². The molecule has 0 unspecified atom stereocenters. The summed E-state index contributed by atoms with van der Waals surface area (Å²) in [6.45, 7) is 0.631. The highest BCUT2D eigenvalue weighted by atomic mass is 16.2.